The Labute approximate surface area is 140 Å². The van der Waals surface area contributed by atoms with Crippen LogP contribution in [0.1, 0.15) is 11.4 Å². The Bertz CT molecular complexity index is 1050. The first-order valence-electron chi connectivity index (χ1n) is 7.23. The quantitative estimate of drug-likeness (QED) is 0.526. The summed E-state index contributed by atoms with van der Waals surface area (Å²) >= 11 is 1.53. The van der Waals surface area contributed by atoms with Crippen molar-refractivity contribution in [1.82, 2.24) is 10.1 Å². The second kappa shape index (κ2) is 5.93. The summed E-state index contributed by atoms with van der Waals surface area (Å²) in [5, 5.41) is 6.72. The Morgan fingerprint density at radius 3 is 3.00 bits per heavy atom. The Hall–Kier alpha value is -2.93. The minimum atomic E-state index is -0.379. The molecule has 0 aliphatic carbocycles. The van der Waals surface area contributed by atoms with Crippen molar-refractivity contribution < 1.29 is 13.7 Å². The van der Waals surface area contributed by atoms with Gasteiger partial charge in [-0.25, -0.2) is 4.79 Å². The molecule has 24 heavy (non-hydrogen) atoms. The van der Waals surface area contributed by atoms with Gasteiger partial charge in [0, 0.05) is 17.5 Å². The summed E-state index contributed by atoms with van der Waals surface area (Å²) in [6.07, 6.45) is 0. The highest BCUT2D eigenvalue weighted by Gasteiger charge is 2.10. The summed E-state index contributed by atoms with van der Waals surface area (Å²) in [5.41, 5.74) is 0.979. The van der Waals surface area contributed by atoms with Crippen LogP contribution in [-0.4, -0.2) is 10.1 Å². The van der Waals surface area contributed by atoms with Crippen molar-refractivity contribution in [2.24, 2.45) is 0 Å². The van der Waals surface area contributed by atoms with Crippen molar-refractivity contribution in [3.8, 4) is 16.5 Å². The van der Waals surface area contributed by atoms with Crippen LogP contribution in [0.5, 0.6) is 5.75 Å². The van der Waals surface area contributed by atoms with Crippen molar-refractivity contribution in [2.45, 2.75) is 13.5 Å². The highest BCUT2D eigenvalue weighted by atomic mass is 32.1. The summed E-state index contributed by atoms with van der Waals surface area (Å²) in [4.78, 5) is 16.7. The molecule has 0 unspecified atom stereocenters. The number of aromatic nitrogens is 2. The third-order valence-corrected chi connectivity index (χ3v) is 4.35. The molecule has 0 saturated carbocycles. The lowest BCUT2D eigenvalue weighted by molar-refractivity contribution is 0.287. The average Bonchev–Trinajstić information content (AvgIpc) is 3.23. The van der Waals surface area contributed by atoms with Gasteiger partial charge in [-0.05, 0) is 36.1 Å². The Morgan fingerprint density at radius 2 is 2.17 bits per heavy atom. The van der Waals surface area contributed by atoms with E-state index in [2.05, 4.69) is 10.1 Å². The molecule has 0 N–H and O–H groups in total. The fourth-order valence-corrected chi connectivity index (χ4v) is 3.00. The van der Waals surface area contributed by atoms with Crippen molar-refractivity contribution in [3.63, 3.8) is 0 Å². The lowest BCUT2D eigenvalue weighted by Crippen LogP contribution is -2.00. The molecule has 0 fully saturated rings. The van der Waals surface area contributed by atoms with Gasteiger partial charge in [0.2, 0.25) is 5.82 Å². The van der Waals surface area contributed by atoms with Crippen molar-refractivity contribution in [1.29, 1.82) is 0 Å². The zero-order valence-electron chi connectivity index (χ0n) is 12.7. The van der Waals surface area contributed by atoms with Gasteiger partial charge in [0.15, 0.2) is 6.61 Å². The molecular weight excluding hydrogens is 328 g/mol. The van der Waals surface area contributed by atoms with Gasteiger partial charge in [0.05, 0.1) is 4.88 Å². The molecule has 0 aliphatic heterocycles. The van der Waals surface area contributed by atoms with Gasteiger partial charge in [-0.15, -0.1) is 11.3 Å². The van der Waals surface area contributed by atoms with Crippen molar-refractivity contribution in [3.05, 3.63) is 63.6 Å². The molecule has 0 saturated heterocycles. The first-order chi connectivity index (χ1) is 11.7. The van der Waals surface area contributed by atoms with Crippen molar-refractivity contribution >= 4 is 22.3 Å². The van der Waals surface area contributed by atoms with Gasteiger partial charge in [0.25, 0.3) is 5.89 Å². The number of benzene rings is 1. The molecule has 4 rings (SSSR count). The lowest BCUT2D eigenvalue weighted by Gasteiger charge is -2.05. The van der Waals surface area contributed by atoms with Crippen LogP contribution in [0.4, 0.5) is 0 Å². The molecule has 0 aliphatic rings. The molecule has 0 bridgehead atoms. The molecule has 3 aromatic heterocycles. The second-order valence-electron chi connectivity index (χ2n) is 5.19. The highest BCUT2D eigenvalue weighted by Crippen LogP contribution is 2.24. The summed E-state index contributed by atoms with van der Waals surface area (Å²) in [6.45, 7) is 2.03. The maximum atomic E-state index is 11.5. The number of fused-ring (bicyclic) bond motifs is 1. The van der Waals surface area contributed by atoms with Crippen LogP contribution in [0.2, 0.25) is 0 Å². The van der Waals surface area contributed by atoms with Crippen LogP contribution in [0.25, 0.3) is 21.7 Å². The fraction of sp³-hybridized carbons (Fsp3) is 0.118. The second-order valence-corrected chi connectivity index (χ2v) is 6.14. The van der Waals surface area contributed by atoms with Crippen LogP contribution in [-0.2, 0) is 6.61 Å². The van der Waals surface area contributed by atoms with Crippen LogP contribution in [0.3, 0.4) is 0 Å². The maximum absolute atomic E-state index is 11.5. The van der Waals surface area contributed by atoms with E-state index in [1.807, 2.05) is 36.6 Å². The molecule has 120 valence electrons. The van der Waals surface area contributed by atoms with E-state index >= 15 is 0 Å². The minimum Gasteiger partial charge on any atom is -0.485 e. The molecule has 7 heteroatoms. The zero-order chi connectivity index (χ0) is 16.5. The van der Waals surface area contributed by atoms with Gasteiger partial charge < -0.3 is 13.7 Å². The normalized spacial score (nSPS) is 11.0. The number of hydrogen-bond acceptors (Lipinski definition) is 7. The maximum Gasteiger partial charge on any atom is 0.336 e. The molecule has 0 radical (unpaired) electrons. The average molecular weight is 340 g/mol. The molecule has 3 heterocycles. The molecule has 0 amide bonds. The van der Waals surface area contributed by atoms with E-state index < -0.39 is 0 Å². The van der Waals surface area contributed by atoms with Crippen LogP contribution in [0, 0.1) is 6.92 Å². The summed E-state index contributed by atoms with van der Waals surface area (Å²) < 4.78 is 16.1. The number of nitrogens with zero attached hydrogens (tertiary/aromatic N) is 2. The molecular formula is C17H12N2O4S. The van der Waals surface area contributed by atoms with E-state index in [1.54, 1.807) is 6.07 Å². The Balaban J connectivity index is 1.54. The topological polar surface area (TPSA) is 78.4 Å². The number of aryl methyl sites for hydroxylation is 1. The SMILES string of the molecule is Cc1cc(=O)oc2cc(OCc3noc(-c4cccs4)n3)ccc12. The molecule has 6 nitrogen and oxygen atoms in total. The fourth-order valence-electron chi connectivity index (χ4n) is 2.36. The van der Waals surface area contributed by atoms with E-state index in [0.717, 1.165) is 15.8 Å². The van der Waals surface area contributed by atoms with E-state index in [0.29, 0.717) is 23.0 Å². The smallest absolute Gasteiger partial charge is 0.336 e. The van der Waals surface area contributed by atoms with E-state index in [1.165, 1.54) is 17.4 Å². The number of thiophene rings is 1. The third kappa shape index (κ3) is 2.81. The zero-order valence-corrected chi connectivity index (χ0v) is 13.5. The third-order valence-electron chi connectivity index (χ3n) is 3.49. The molecule has 0 spiro atoms. The first-order valence-corrected chi connectivity index (χ1v) is 8.11. The summed E-state index contributed by atoms with van der Waals surface area (Å²) in [6, 6.07) is 10.7. The number of hydrogen-bond donors (Lipinski definition) is 0. The van der Waals surface area contributed by atoms with Crippen molar-refractivity contribution in [2.75, 3.05) is 0 Å². The van der Waals surface area contributed by atoms with Crippen LogP contribution < -0.4 is 10.4 Å². The summed E-state index contributed by atoms with van der Waals surface area (Å²) in [7, 11) is 0. The first kappa shape index (κ1) is 14.6. The minimum absolute atomic E-state index is 0.163. The van der Waals surface area contributed by atoms with E-state index in [9.17, 15) is 4.79 Å². The predicted molar refractivity (Wildman–Crippen MR) is 89.2 cm³/mol. The molecule has 4 aromatic rings. The van der Waals surface area contributed by atoms with Gasteiger partial charge in [-0.3, -0.25) is 0 Å². The molecule has 0 atom stereocenters. The summed E-state index contributed by atoms with van der Waals surface area (Å²) in [5.74, 6) is 1.49. The van der Waals surface area contributed by atoms with Crippen LogP contribution >= 0.6 is 11.3 Å². The van der Waals surface area contributed by atoms with Gasteiger partial charge in [-0.2, -0.15) is 4.98 Å². The van der Waals surface area contributed by atoms with E-state index in [-0.39, 0.29) is 12.2 Å². The van der Waals surface area contributed by atoms with Gasteiger partial charge in [-0.1, -0.05) is 11.2 Å². The molecule has 1 aromatic carbocycles. The predicted octanol–water partition coefficient (Wildman–Crippen LogP) is 3.79. The van der Waals surface area contributed by atoms with E-state index in [4.69, 9.17) is 13.7 Å². The highest BCUT2D eigenvalue weighted by molar-refractivity contribution is 7.13. The standard InChI is InChI=1S/C17H12N2O4S/c1-10-7-16(20)22-13-8-11(4-5-12(10)13)21-9-15-18-17(23-19-15)14-3-2-6-24-14/h2-8H,9H2,1H3. The van der Waals surface area contributed by atoms with Gasteiger partial charge >= 0.3 is 5.63 Å². The Kier molecular flexibility index (Phi) is 3.62. The largest absolute Gasteiger partial charge is 0.485 e. The number of rotatable bonds is 4. The number of ether oxygens (including phenoxy) is 1. The lowest BCUT2D eigenvalue weighted by atomic mass is 10.1. The van der Waals surface area contributed by atoms with Crippen LogP contribution in [0.15, 0.2) is 55.5 Å². The monoisotopic (exact) mass is 340 g/mol. The Morgan fingerprint density at radius 1 is 1.25 bits per heavy atom. The van der Waals surface area contributed by atoms with Gasteiger partial charge in [0.1, 0.15) is 11.3 Å².